The molecule has 6 heteroatoms. The summed E-state index contributed by atoms with van der Waals surface area (Å²) in [6.07, 6.45) is 5.70. The molecule has 2 aliphatic rings. The van der Waals surface area contributed by atoms with Gasteiger partial charge in [0.2, 0.25) is 5.91 Å². The summed E-state index contributed by atoms with van der Waals surface area (Å²) in [5.74, 6) is 0.557. The lowest BCUT2D eigenvalue weighted by atomic mass is 9.88. The van der Waals surface area contributed by atoms with Crippen LogP contribution in [0.15, 0.2) is 18.2 Å². The minimum atomic E-state index is -0.347. The number of hydrogen-bond acceptors (Lipinski definition) is 4. The molecule has 1 heterocycles. The van der Waals surface area contributed by atoms with E-state index < -0.39 is 0 Å². The van der Waals surface area contributed by atoms with Crippen LogP contribution in [0.5, 0.6) is 0 Å². The summed E-state index contributed by atoms with van der Waals surface area (Å²) in [6.45, 7) is 4.83. The Morgan fingerprint density at radius 1 is 1.12 bits per heavy atom. The number of rotatable bonds is 3. The third-order valence-electron chi connectivity index (χ3n) is 5.29. The van der Waals surface area contributed by atoms with Crippen molar-refractivity contribution in [1.82, 2.24) is 4.90 Å². The predicted molar refractivity (Wildman–Crippen MR) is 93.2 cm³/mol. The quantitative estimate of drug-likeness (QED) is 0.630. The largest absolute Gasteiger partial charge is 0.368 e. The molecule has 1 aromatic carbocycles. The third kappa shape index (κ3) is 3.52. The van der Waals surface area contributed by atoms with Crippen molar-refractivity contribution in [1.29, 1.82) is 0 Å². The van der Waals surface area contributed by atoms with Gasteiger partial charge in [0.25, 0.3) is 5.69 Å². The van der Waals surface area contributed by atoms with Crippen LogP contribution in [0.2, 0.25) is 0 Å². The van der Waals surface area contributed by atoms with E-state index in [4.69, 9.17) is 0 Å². The zero-order chi connectivity index (χ0) is 17.1. The molecule has 3 rings (SSSR count). The Kier molecular flexibility index (Phi) is 5.02. The summed E-state index contributed by atoms with van der Waals surface area (Å²) in [5, 5.41) is 10.9. The Hall–Kier alpha value is -2.11. The van der Waals surface area contributed by atoms with Crippen LogP contribution >= 0.6 is 0 Å². The van der Waals surface area contributed by atoms with Crippen LogP contribution in [-0.4, -0.2) is 41.9 Å². The number of piperazine rings is 1. The lowest BCUT2D eigenvalue weighted by Gasteiger charge is -2.38. The van der Waals surface area contributed by atoms with Crippen LogP contribution < -0.4 is 4.90 Å². The standard InChI is InChI=1S/C18H25N3O3/c1-14-13-16(7-8-17(14)21(23)24)19-9-11-20(12-10-19)18(22)15-5-3-2-4-6-15/h7-8,13,15H,2-6,9-12H2,1H3. The second kappa shape index (κ2) is 7.20. The molecule has 6 nitrogen and oxygen atoms in total. The molecule has 1 aliphatic carbocycles. The molecule has 1 amide bonds. The predicted octanol–water partition coefficient (Wildman–Crippen LogP) is 3.13. The maximum Gasteiger partial charge on any atom is 0.272 e. The number of nitrogens with zero attached hydrogens (tertiary/aromatic N) is 3. The Morgan fingerprint density at radius 3 is 2.38 bits per heavy atom. The van der Waals surface area contributed by atoms with Crippen LogP contribution in [0.1, 0.15) is 37.7 Å². The van der Waals surface area contributed by atoms with Gasteiger partial charge in [-0.25, -0.2) is 0 Å². The fourth-order valence-corrected chi connectivity index (χ4v) is 3.83. The van der Waals surface area contributed by atoms with Gasteiger partial charge < -0.3 is 9.80 Å². The summed E-state index contributed by atoms with van der Waals surface area (Å²) in [6, 6.07) is 5.25. The van der Waals surface area contributed by atoms with E-state index in [0.29, 0.717) is 11.5 Å². The normalized spacial score (nSPS) is 19.4. The molecular formula is C18H25N3O3. The first-order valence-electron chi connectivity index (χ1n) is 8.85. The highest BCUT2D eigenvalue weighted by Gasteiger charge is 2.28. The van der Waals surface area contributed by atoms with Crippen molar-refractivity contribution in [3.63, 3.8) is 0 Å². The Balaban J connectivity index is 1.59. The van der Waals surface area contributed by atoms with E-state index in [2.05, 4.69) is 4.90 Å². The number of hydrogen-bond donors (Lipinski definition) is 0. The van der Waals surface area contributed by atoms with E-state index in [1.165, 1.54) is 19.3 Å². The fraction of sp³-hybridized carbons (Fsp3) is 0.611. The van der Waals surface area contributed by atoms with E-state index in [9.17, 15) is 14.9 Å². The minimum absolute atomic E-state index is 0.157. The molecule has 1 aromatic rings. The van der Waals surface area contributed by atoms with Gasteiger partial charge >= 0.3 is 0 Å². The molecule has 0 unspecified atom stereocenters. The minimum Gasteiger partial charge on any atom is -0.368 e. The number of anilines is 1. The van der Waals surface area contributed by atoms with Gasteiger partial charge in [0.05, 0.1) is 4.92 Å². The SMILES string of the molecule is Cc1cc(N2CCN(C(=O)C3CCCCC3)CC2)ccc1[N+](=O)[O-]. The molecule has 0 bridgehead atoms. The summed E-state index contributed by atoms with van der Waals surface area (Å²) in [7, 11) is 0. The van der Waals surface area contributed by atoms with Crippen LogP contribution in [-0.2, 0) is 4.79 Å². The van der Waals surface area contributed by atoms with E-state index in [-0.39, 0.29) is 16.5 Å². The van der Waals surface area contributed by atoms with E-state index >= 15 is 0 Å². The van der Waals surface area contributed by atoms with Crippen LogP contribution in [0.25, 0.3) is 0 Å². The number of aryl methyl sites for hydroxylation is 1. The molecule has 0 spiro atoms. The van der Waals surface area contributed by atoms with Gasteiger partial charge in [0.1, 0.15) is 0 Å². The topological polar surface area (TPSA) is 66.7 Å². The number of carbonyl (C=O) groups excluding carboxylic acids is 1. The smallest absolute Gasteiger partial charge is 0.272 e. The Morgan fingerprint density at radius 2 is 1.79 bits per heavy atom. The van der Waals surface area contributed by atoms with E-state index in [1.807, 2.05) is 17.0 Å². The molecule has 2 fully saturated rings. The molecule has 0 radical (unpaired) electrons. The average Bonchev–Trinajstić information content (AvgIpc) is 2.61. The molecule has 24 heavy (non-hydrogen) atoms. The van der Waals surface area contributed by atoms with Gasteiger partial charge in [-0.05, 0) is 31.9 Å². The number of nitro benzene ring substituents is 1. The highest BCUT2D eigenvalue weighted by molar-refractivity contribution is 5.79. The average molecular weight is 331 g/mol. The van der Waals surface area contributed by atoms with Gasteiger partial charge in [-0.3, -0.25) is 14.9 Å². The zero-order valence-electron chi connectivity index (χ0n) is 14.2. The molecule has 130 valence electrons. The second-order valence-electron chi connectivity index (χ2n) is 6.88. The van der Waals surface area contributed by atoms with Crippen LogP contribution in [0.4, 0.5) is 11.4 Å². The van der Waals surface area contributed by atoms with E-state index in [0.717, 1.165) is 44.7 Å². The summed E-state index contributed by atoms with van der Waals surface area (Å²) < 4.78 is 0. The maximum atomic E-state index is 12.6. The summed E-state index contributed by atoms with van der Waals surface area (Å²) in [5.41, 5.74) is 1.84. The first kappa shape index (κ1) is 16.7. The summed E-state index contributed by atoms with van der Waals surface area (Å²) >= 11 is 0. The second-order valence-corrected chi connectivity index (χ2v) is 6.88. The number of nitro groups is 1. The molecular weight excluding hydrogens is 306 g/mol. The highest BCUT2D eigenvalue weighted by Crippen LogP contribution is 2.28. The number of amides is 1. The third-order valence-corrected chi connectivity index (χ3v) is 5.29. The van der Waals surface area contributed by atoms with Crippen molar-refractivity contribution in [3.8, 4) is 0 Å². The monoisotopic (exact) mass is 331 g/mol. The molecule has 1 saturated heterocycles. The van der Waals surface area contributed by atoms with Gasteiger partial charge in [-0.2, -0.15) is 0 Å². The molecule has 1 aliphatic heterocycles. The lowest BCUT2D eigenvalue weighted by Crippen LogP contribution is -2.50. The lowest BCUT2D eigenvalue weighted by molar-refractivity contribution is -0.385. The first-order valence-corrected chi connectivity index (χ1v) is 8.85. The molecule has 0 aromatic heterocycles. The van der Waals surface area contributed by atoms with Gasteiger partial charge in [-0.1, -0.05) is 19.3 Å². The summed E-state index contributed by atoms with van der Waals surface area (Å²) in [4.78, 5) is 27.4. The fourth-order valence-electron chi connectivity index (χ4n) is 3.83. The van der Waals surface area contributed by atoms with Crippen molar-refractivity contribution < 1.29 is 9.72 Å². The Bertz CT molecular complexity index is 618. The van der Waals surface area contributed by atoms with Crippen molar-refractivity contribution in [2.24, 2.45) is 5.92 Å². The highest BCUT2D eigenvalue weighted by atomic mass is 16.6. The first-order chi connectivity index (χ1) is 11.6. The van der Waals surface area contributed by atoms with Crippen molar-refractivity contribution >= 4 is 17.3 Å². The Labute approximate surface area is 142 Å². The van der Waals surface area contributed by atoms with Gasteiger partial charge in [0.15, 0.2) is 0 Å². The maximum absolute atomic E-state index is 12.6. The number of benzene rings is 1. The van der Waals surface area contributed by atoms with Crippen molar-refractivity contribution in [2.75, 3.05) is 31.1 Å². The van der Waals surface area contributed by atoms with Gasteiger partial charge in [0, 0.05) is 49.4 Å². The molecule has 0 atom stereocenters. The van der Waals surface area contributed by atoms with Crippen molar-refractivity contribution in [3.05, 3.63) is 33.9 Å². The van der Waals surface area contributed by atoms with Crippen LogP contribution in [0, 0.1) is 23.0 Å². The zero-order valence-corrected chi connectivity index (χ0v) is 14.2. The van der Waals surface area contributed by atoms with Crippen LogP contribution in [0.3, 0.4) is 0 Å². The van der Waals surface area contributed by atoms with Gasteiger partial charge in [-0.15, -0.1) is 0 Å². The van der Waals surface area contributed by atoms with Crippen molar-refractivity contribution in [2.45, 2.75) is 39.0 Å². The molecule has 0 N–H and O–H groups in total. The van der Waals surface area contributed by atoms with E-state index in [1.54, 1.807) is 13.0 Å². The molecule has 1 saturated carbocycles. The number of carbonyl (C=O) groups is 1.